The standard InChI is InChI=1S/C23H23F4N5O4/c1-3-36-22(35)17-15(10-32-11-23(26,27)9-16(32)21(33)34)29-19(20-28-6-7-31(20)2)30-18(17)12-4-5-13(24)14(25)8-12/h4-8,16,18H,3,9-11H2,1-2H3,(H,29,30)(H,33,34). The number of carboxylic acid groups (broad SMARTS) is 1. The van der Waals surface area contributed by atoms with Crippen LogP contribution in [-0.4, -0.2) is 69.0 Å². The van der Waals surface area contributed by atoms with Gasteiger partial charge in [-0.3, -0.25) is 14.7 Å². The lowest BCUT2D eigenvalue weighted by molar-refractivity contribution is -0.142. The summed E-state index contributed by atoms with van der Waals surface area (Å²) in [6, 6.07) is 0.288. The Labute approximate surface area is 203 Å². The van der Waals surface area contributed by atoms with Gasteiger partial charge < -0.3 is 19.7 Å². The second-order valence-electron chi connectivity index (χ2n) is 8.47. The van der Waals surface area contributed by atoms with E-state index in [1.54, 1.807) is 24.7 Å². The third kappa shape index (κ3) is 4.96. The summed E-state index contributed by atoms with van der Waals surface area (Å²) >= 11 is 0. The van der Waals surface area contributed by atoms with Crippen LogP contribution in [0.15, 0.2) is 46.9 Å². The summed E-state index contributed by atoms with van der Waals surface area (Å²) in [5.74, 6) is -7.39. The summed E-state index contributed by atoms with van der Waals surface area (Å²) in [7, 11) is 1.67. The number of carboxylic acids is 1. The number of nitrogens with one attached hydrogen (secondary N) is 1. The lowest BCUT2D eigenvalue weighted by Crippen LogP contribution is -2.44. The Morgan fingerprint density at radius 2 is 2.03 bits per heavy atom. The topological polar surface area (TPSA) is 109 Å². The first kappa shape index (κ1) is 25.4. The number of aryl methyl sites for hydroxylation is 1. The Kier molecular flexibility index (Phi) is 6.85. The van der Waals surface area contributed by atoms with Crippen LogP contribution in [0, 0.1) is 11.6 Å². The van der Waals surface area contributed by atoms with Crippen molar-refractivity contribution >= 4 is 17.8 Å². The highest BCUT2D eigenvalue weighted by Gasteiger charge is 2.49. The van der Waals surface area contributed by atoms with Gasteiger partial charge in [-0.2, -0.15) is 0 Å². The summed E-state index contributed by atoms with van der Waals surface area (Å²) in [6.07, 6.45) is 2.22. The number of hydrogen-bond donors (Lipinski definition) is 2. The fraction of sp³-hybridized carbons (Fsp3) is 0.391. The van der Waals surface area contributed by atoms with Gasteiger partial charge in [0.1, 0.15) is 12.1 Å². The molecule has 13 heteroatoms. The van der Waals surface area contributed by atoms with Crippen molar-refractivity contribution in [3.05, 3.63) is 64.9 Å². The zero-order valence-electron chi connectivity index (χ0n) is 19.3. The molecule has 0 aliphatic carbocycles. The first-order valence-corrected chi connectivity index (χ1v) is 11.0. The summed E-state index contributed by atoms with van der Waals surface area (Å²) in [6.45, 7) is 0.279. The molecule has 36 heavy (non-hydrogen) atoms. The van der Waals surface area contributed by atoms with Crippen LogP contribution in [0.2, 0.25) is 0 Å². The number of amidine groups is 1. The molecule has 0 radical (unpaired) electrons. The molecule has 4 rings (SSSR count). The lowest BCUT2D eigenvalue weighted by atomic mass is 9.95. The van der Waals surface area contributed by atoms with Crippen LogP contribution in [0.5, 0.6) is 0 Å². The van der Waals surface area contributed by atoms with Crippen molar-refractivity contribution in [3.8, 4) is 0 Å². The van der Waals surface area contributed by atoms with Crippen LogP contribution in [0.1, 0.15) is 30.8 Å². The van der Waals surface area contributed by atoms with E-state index in [0.717, 1.165) is 17.0 Å². The van der Waals surface area contributed by atoms with E-state index >= 15 is 0 Å². The van der Waals surface area contributed by atoms with Gasteiger partial charge in [-0.25, -0.2) is 27.3 Å². The molecule has 0 saturated carbocycles. The van der Waals surface area contributed by atoms with Crippen molar-refractivity contribution in [2.45, 2.75) is 31.4 Å². The van der Waals surface area contributed by atoms with Gasteiger partial charge in [-0.15, -0.1) is 0 Å². The number of benzene rings is 1. The van der Waals surface area contributed by atoms with E-state index in [1.165, 1.54) is 12.3 Å². The number of carbonyl (C=O) groups is 2. The van der Waals surface area contributed by atoms with E-state index in [1.807, 2.05) is 0 Å². The Morgan fingerprint density at radius 1 is 1.28 bits per heavy atom. The molecule has 192 valence electrons. The van der Waals surface area contributed by atoms with Gasteiger partial charge >= 0.3 is 11.9 Å². The Hall–Kier alpha value is -3.74. The number of esters is 1. The first-order chi connectivity index (χ1) is 17.0. The third-order valence-electron chi connectivity index (χ3n) is 5.93. The van der Waals surface area contributed by atoms with Gasteiger partial charge in [0.25, 0.3) is 5.92 Å². The Morgan fingerprint density at radius 3 is 2.64 bits per heavy atom. The summed E-state index contributed by atoms with van der Waals surface area (Å²) in [5, 5.41) is 12.4. The number of hydrogen-bond acceptors (Lipinski definition) is 7. The maximum absolute atomic E-state index is 14.2. The number of aliphatic carboxylic acids is 1. The molecule has 1 saturated heterocycles. The van der Waals surface area contributed by atoms with Crippen molar-refractivity contribution < 1.29 is 37.0 Å². The number of ether oxygens (including phenoxy) is 1. The van der Waals surface area contributed by atoms with Gasteiger partial charge in [0, 0.05) is 38.1 Å². The Balaban J connectivity index is 1.86. The number of alkyl halides is 2. The molecule has 1 aromatic carbocycles. The highest BCUT2D eigenvalue weighted by atomic mass is 19.3. The largest absolute Gasteiger partial charge is 0.480 e. The summed E-state index contributed by atoms with van der Waals surface area (Å²) in [4.78, 5) is 34.5. The van der Waals surface area contributed by atoms with Gasteiger partial charge in [-0.1, -0.05) is 6.07 Å². The minimum atomic E-state index is -3.25. The molecule has 1 aromatic heterocycles. The molecule has 2 aromatic rings. The molecule has 9 nitrogen and oxygen atoms in total. The average molecular weight is 509 g/mol. The number of rotatable bonds is 7. The number of carbonyl (C=O) groups excluding carboxylic acids is 1. The molecule has 2 N–H and O–H groups in total. The van der Waals surface area contributed by atoms with Gasteiger partial charge in [-0.05, 0) is 24.6 Å². The molecular weight excluding hydrogens is 486 g/mol. The third-order valence-corrected chi connectivity index (χ3v) is 5.93. The zero-order chi connectivity index (χ0) is 26.2. The highest BCUT2D eigenvalue weighted by Crippen LogP contribution is 2.36. The van der Waals surface area contributed by atoms with Crippen molar-refractivity contribution in [1.29, 1.82) is 0 Å². The number of aliphatic imine (C=N–C) groups is 1. The van der Waals surface area contributed by atoms with Gasteiger partial charge in [0.05, 0.1) is 18.7 Å². The fourth-order valence-electron chi connectivity index (χ4n) is 4.30. The van der Waals surface area contributed by atoms with E-state index in [2.05, 4.69) is 15.3 Å². The van der Waals surface area contributed by atoms with Gasteiger partial charge in [0.15, 0.2) is 23.3 Å². The van der Waals surface area contributed by atoms with Crippen LogP contribution < -0.4 is 5.32 Å². The summed E-state index contributed by atoms with van der Waals surface area (Å²) in [5.41, 5.74) is 0.00417. The second kappa shape index (κ2) is 9.72. The number of halogens is 4. The average Bonchev–Trinajstić information content (AvgIpc) is 3.37. The molecule has 0 amide bonds. The monoisotopic (exact) mass is 509 g/mol. The summed E-state index contributed by atoms with van der Waals surface area (Å²) < 4.78 is 62.9. The minimum Gasteiger partial charge on any atom is -0.480 e. The predicted molar refractivity (Wildman–Crippen MR) is 118 cm³/mol. The van der Waals surface area contributed by atoms with E-state index in [4.69, 9.17) is 4.74 Å². The van der Waals surface area contributed by atoms with E-state index in [9.17, 15) is 32.3 Å². The molecule has 0 spiro atoms. The van der Waals surface area contributed by atoms with Gasteiger partial charge in [0.2, 0.25) is 0 Å². The fourth-order valence-corrected chi connectivity index (χ4v) is 4.30. The normalized spacial score (nSPS) is 21.8. The number of nitrogens with zero attached hydrogens (tertiary/aromatic N) is 4. The minimum absolute atomic E-state index is 0.0322. The smallest absolute Gasteiger partial charge is 0.338 e. The Bertz CT molecular complexity index is 1260. The number of aromatic nitrogens is 2. The van der Waals surface area contributed by atoms with Crippen LogP contribution >= 0.6 is 0 Å². The quantitative estimate of drug-likeness (QED) is 0.436. The van der Waals surface area contributed by atoms with E-state index in [-0.39, 0.29) is 29.3 Å². The van der Waals surface area contributed by atoms with Crippen LogP contribution in [0.3, 0.4) is 0 Å². The predicted octanol–water partition coefficient (Wildman–Crippen LogP) is 2.40. The molecule has 2 aliphatic heterocycles. The zero-order valence-corrected chi connectivity index (χ0v) is 19.3. The van der Waals surface area contributed by atoms with Crippen molar-refractivity contribution in [3.63, 3.8) is 0 Å². The maximum atomic E-state index is 14.2. The van der Waals surface area contributed by atoms with E-state index in [0.29, 0.717) is 5.82 Å². The molecule has 0 bridgehead atoms. The molecule has 2 unspecified atom stereocenters. The lowest BCUT2D eigenvalue weighted by Gasteiger charge is -2.30. The van der Waals surface area contributed by atoms with Crippen LogP contribution in [0.4, 0.5) is 17.6 Å². The van der Waals surface area contributed by atoms with E-state index < -0.39 is 61.1 Å². The van der Waals surface area contributed by atoms with Crippen LogP contribution in [-0.2, 0) is 21.4 Å². The van der Waals surface area contributed by atoms with Crippen LogP contribution in [0.25, 0.3) is 0 Å². The number of imidazole rings is 1. The molecule has 2 aliphatic rings. The molecule has 3 heterocycles. The van der Waals surface area contributed by atoms with Crippen molar-refractivity contribution in [1.82, 2.24) is 19.8 Å². The SMILES string of the molecule is CCOC(=O)C1=C(CN2CC(F)(F)CC2C(=O)O)NC(c2nccn2C)=NC1c1ccc(F)c(F)c1. The van der Waals surface area contributed by atoms with Crippen molar-refractivity contribution in [2.24, 2.45) is 12.0 Å². The first-order valence-electron chi connectivity index (χ1n) is 11.0. The molecular formula is C23H23F4N5O4. The number of likely N-dealkylation sites (tertiary alicyclic amines) is 1. The second-order valence-corrected chi connectivity index (χ2v) is 8.47. The molecule has 1 fully saturated rings. The maximum Gasteiger partial charge on any atom is 0.338 e. The highest BCUT2D eigenvalue weighted by molar-refractivity contribution is 6.01. The molecule has 2 atom stereocenters. The van der Waals surface area contributed by atoms with Crippen molar-refractivity contribution in [2.75, 3.05) is 19.7 Å².